The number of rotatable bonds is 2. The Balaban J connectivity index is 1.16. The van der Waals surface area contributed by atoms with Crippen LogP contribution in [0.2, 0.25) is 0 Å². The van der Waals surface area contributed by atoms with Gasteiger partial charge in [-0.1, -0.05) is 152 Å². The molecule has 1 aliphatic heterocycles. The molecule has 1 unspecified atom stereocenters. The molecular weight excluding hydrogens is 605 g/mol. The van der Waals surface area contributed by atoms with Gasteiger partial charge >= 0.3 is 0 Å². The minimum atomic E-state index is -0.488. The zero-order chi connectivity index (χ0) is 33.0. The van der Waals surface area contributed by atoms with Gasteiger partial charge in [-0.15, -0.1) is 0 Å². The molecule has 0 saturated carbocycles. The van der Waals surface area contributed by atoms with Crippen molar-refractivity contribution < 1.29 is 4.74 Å². The van der Waals surface area contributed by atoms with Crippen molar-refractivity contribution in [3.05, 3.63) is 215 Å². The van der Waals surface area contributed by atoms with Crippen LogP contribution in [0.3, 0.4) is 0 Å². The van der Waals surface area contributed by atoms with E-state index < -0.39 is 5.41 Å². The Labute approximate surface area is 292 Å². The first-order chi connectivity index (χ1) is 24.7. The molecule has 0 saturated heterocycles. The van der Waals surface area contributed by atoms with Gasteiger partial charge in [-0.25, -0.2) is 0 Å². The number of hydrogen-bond donors (Lipinski definition) is 0. The van der Waals surface area contributed by atoms with Gasteiger partial charge in [0.2, 0.25) is 0 Å². The predicted molar refractivity (Wildman–Crippen MR) is 204 cm³/mol. The largest absolute Gasteiger partial charge is 0.457 e. The molecule has 8 aromatic carbocycles. The highest BCUT2D eigenvalue weighted by molar-refractivity contribution is 5.99. The van der Waals surface area contributed by atoms with Gasteiger partial charge in [-0.05, 0) is 103 Å². The zero-order valence-corrected chi connectivity index (χ0v) is 27.7. The minimum absolute atomic E-state index is 0.316. The fourth-order valence-corrected chi connectivity index (χ4v) is 9.65. The summed E-state index contributed by atoms with van der Waals surface area (Å²) in [6.07, 6.45) is 0. The van der Waals surface area contributed by atoms with E-state index in [4.69, 9.17) is 4.74 Å². The Morgan fingerprint density at radius 2 is 0.960 bits per heavy atom. The Morgan fingerprint density at radius 3 is 1.74 bits per heavy atom. The van der Waals surface area contributed by atoms with Crippen molar-refractivity contribution in [1.82, 2.24) is 0 Å². The van der Waals surface area contributed by atoms with Gasteiger partial charge in [0.05, 0.1) is 5.41 Å². The second-order valence-corrected chi connectivity index (χ2v) is 14.1. The lowest BCUT2D eigenvalue weighted by molar-refractivity contribution is 0.436. The summed E-state index contributed by atoms with van der Waals surface area (Å²) in [5.74, 6) is 1.83. The minimum Gasteiger partial charge on any atom is -0.457 e. The molecule has 0 bridgehead atoms. The number of ether oxygens (including phenoxy) is 1. The molecule has 8 aromatic rings. The summed E-state index contributed by atoms with van der Waals surface area (Å²) >= 11 is 0. The van der Waals surface area contributed by atoms with E-state index in [1.54, 1.807) is 0 Å². The van der Waals surface area contributed by atoms with Crippen LogP contribution in [0.15, 0.2) is 176 Å². The maximum Gasteiger partial charge on any atom is 0.132 e. The predicted octanol–water partition coefficient (Wildman–Crippen LogP) is 12.3. The highest BCUT2D eigenvalue weighted by atomic mass is 16.5. The SMILES string of the molecule is CC1(c2ccccc2)c2cc(-c3ccc4c(c3)C3(c5ccccc5O4)c4ccccc4-c4ccccc43)ccc2-c2ccc3ccccc3c21. The molecule has 1 atom stereocenters. The van der Waals surface area contributed by atoms with Crippen molar-refractivity contribution in [2.24, 2.45) is 0 Å². The molecule has 1 heterocycles. The average molecular weight is 637 g/mol. The van der Waals surface area contributed by atoms with E-state index >= 15 is 0 Å². The molecule has 3 aliphatic rings. The molecule has 1 heteroatoms. The molecule has 1 spiro atoms. The van der Waals surface area contributed by atoms with Gasteiger partial charge in [0, 0.05) is 16.5 Å². The van der Waals surface area contributed by atoms with Crippen LogP contribution < -0.4 is 4.74 Å². The normalized spacial score (nSPS) is 16.9. The lowest BCUT2D eigenvalue weighted by Gasteiger charge is -2.39. The molecule has 50 heavy (non-hydrogen) atoms. The molecule has 11 rings (SSSR count). The van der Waals surface area contributed by atoms with Gasteiger partial charge in [-0.2, -0.15) is 0 Å². The molecule has 0 radical (unpaired) electrons. The van der Waals surface area contributed by atoms with Gasteiger partial charge < -0.3 is 4.74 Å². The van der Waals surface area contributed by atoms with E-state index in [1.165, 1.54) is 83.1 Å². The van der Waals surface area contributed by atoms with Crippen LogP contribution >= 0.6 is 0 Å². The Morgan fingerprint density at radius 1 is 0.400 bits per heavy atom. The third kappa shape index (κ3) is 3.42. The number of fused-ring (bicyclic) bond motifs is 14. The van der Waals surface area contributed by atoms with Crippen LogP contribution in [0.25, 0.3) is 44.2 Å². The molecule has 0 fully saturated rings. The van der Waals surface area contributed by atoms with Crippen LogP contribution in [-0.2, 0) is 10.8 Å². The molecule has 1 nitrogen and oxygen atoms in total. The van der Waals surface area contributed by atoms with E-state index in [0.717, 1.165) is 11.5 Å². The van der Waals surface area contributed by atoms with E-state index in [0.29, 0.717) is 0 Å². The second kappa shape index (κ2) is 9.94. The highest BCUT2D eigenvalue weighted by Gasteiger charge is 2.51. The standard InChI is InChI=1S/C49H32O/c1-48(34-14-3-2-4-15-34)43-29-32(24-26-38(43)39-27-23-31-13-5-6-16-35(31)47(39)48)33-25-28-46-44(30-33)49(42-21-11-12-22-45(42)50-46)40-19-9-7-17-36(40)37-18-8-10-20-41(37)49/h2-30H,1H3. The molecule has 0 aromatic heterocycles. The number of benzene rings is 8. The quantitative estimate of drug-likeness (QED) is 0.183. The lowest BCUT2D eigenvalue weighted by atomic mass is 9.65. The average Bonchev–Trinajstić information content (AvgIpc) is 3.63. The monoisotopic (exact) mass is 636 g/mol. The van der Waals surface area contributed by atoms with Crippen molar-refractivity contribution >= 4 is 10.8 Å². The van der Waals surface area contributed by atoms with Crippen molar-refractivity contribution in [2.45, 2.75) is 17.8 Å². The molecular formula is C49H32O. The van der Waals surface area contributed by atoms with E-state index in [1.807, 2.05) is 0 Å². The first kappa shape index (κ1) is 27.7. The van der Waals surface area contributed by atoms with Crippen LogP contribution in [0, 0.1) is 0 Å². The van der Waals surface area contributed by atoms with Crippen LogP contribution in [0.4, 0.5) is 0 Å². The van der Waals surface area contributed by atoms with Crippen LogP contribution in [0.5, 0.6) is 11.5 Å². The first-order valence-corrected chi connectivity index (χ1v) is 17.5. The maximum atomic E-state index is 6.73. The molecule has 0 amide bonds. The third-order valence-corrected chi connectivity index (χ3v) is 11.8. The van der Waals surface area contributed by atoms with Crippen molar-refractivity contribution in [2.75, 3.05) is 0 Å². The Hall–Kier alpha value is -6.18. The van der Waals surface area contributed by atoms with Crippen LogP contribution in [0.1, 0.15) is 45.9 Å². The van der Waals surface area contributed by atoms with Gasteiger partial charge in [0.25, 0.3) is 0 Å². The topological polar surface area (TPSA) is 9.23 Å². The van der Waals surface area contributed by atoms with Crippen LogP contribution in [-0.4, -0.2) is 0 Å². The van der Waals surface area contributed by atoms with Gasteiger partial charge in [-0.3, -0.25) is 0 Å². The summed E-state index contributed by atoms with van der Waals surface area (Å²) < 4.78 is 6.73. The Bertz CT molecular complexity index is 2660. The summed E-state index contributed by atoms with van der Waals surface area (Å²) in [4.78, 5) is 0. The summed E-state index contributed by atoms with van der Waals surface area (Å²) in [5, 5.41) is 2.60. The third-order valence-electron chi connectivity index (χ3n) is 11.8. The van der Waals surface area contributed by atoms with Crippen molar-refractivity contribution in [3.63, 3.8) is 0 Å². The van der Waals surface area contributed by atoms with E-state index in [-0.39, 0.29) is 5.41 Å². The number of para-hydroxylation sites is 1. The highest BCUT2D eigenvalue weighted by Crippen LogP contribution is 2.62. The van der Waals surface area contributed by atoms with Crippen molar-refractivity contribution in [3.8, 4) is 44.9 Å². The molecule has 2 aliphatic carbocycles. The lowest BCUT2D eigenvalue weighted by Crippen LogP contribution is -2.32. The van der Waals surface area contributed by atoms with Crippen molar-refractivity contribution in [1.29, 1.82) is 0 Å². The fraction of sp³-hybridized carbons (Fsp3) is 0.0612. The second-order valence-electron chi connectivity index (χ2n) is 14.1. The molecule has 0 N–H and O–H groups in total. The summed E-state index contributed by atoms with van der Waals surface area (Å²) in [6, 6.07) is 64.9. The first-order valence-electron chi connectivity index (χ1n) is 17.5. The van der Waals surface area contributed by atoms with Gasteiger partial charge in [0.15, 0.2) is 0 Å². The summed E-state index contributed by atoms with van der Waals surface area (Å²) in [7, 11) is 0. The number of hydrogen-bond acceptors (Lipinski definition) is 1. The molecule has 234 valence electrons. The summed E-state index contributed by atoms with van der Waals surface area (Å²) in [6.45, 7) is 2.42. The maximum absolute atomic E-state index is 6.73. The fourth-order valence-electron chi connectivity index (χ4n) is 9.65. The smallest absolute Gasteiger partial charge is 0.132 e. The zero-order valence-electron chi connectivity index (χ0n) is 27.7. The Kier molecular flexibility index (Phi) is 5.51. The van der Waals surface area contributed by atoms with E-state index in [2.05, 4.69) is 183 Å². The van der Waals surface area contributed by atoms with Gasteiger partial charge in [0.1, 0.15) is 11.5 Å². The summed E-state index contributed by atoms with van der Waals surface area (Å²) in [5.41, 5.74) is 15.8. The van der Waals surface area contributed by atoms with E-state index in [9.17, 15) is 0 Å².